The molecule has 2 aromatic heterocycles. The molecule has 0 aromatic carbocycles. The number of aryl methyl sites for hydroxylation is 2. The topological polar surface area (TPSA) is 68.5 Å². The number of hydrogen-bond acceptors (Lipinski definition) is 5. The average Bonchev–Trinajstić information content (AvgIpc) is 2.75. The van der Waals surface area contributed by atoms with Crippen molar-refractivity contribution in [1.82, 2.24) is 25.0 Å². The van der Waals surface area contributed by atoms with Gasteiger partial charge < -0.3 is 5.32 Å². The Labute approximate surface area is 100 Å². The second kappa shape index (κ2) is 5.38. The summed E-state index contributed by atoms with van der Waals surface area (Å²) >= 11 is 0. The third-order valence-corrected chi connectivity index (χ3v) is 2.34. The maximum Gasteiger partial charge on any atom is 0.145 e. The SMILES string of the molecule is CCCn1nncc1NCc1ccnc(C)n1. The first-order valence-corrected chi connectivity index (χ1v) is 5.70. The molecule has 90 valence electrons. The van der Waals surface area contributed by atoms with E-state index in [1.807, 2.05) is 17.7 Å². The summed E-state index contributed by atoms with van der Waals surface area (Å²) < 4.78 is 1.86. The Morgan fingerprint density at radius 3 is 3.06 bits per heavy atom. The van der Waals surface area contributed by atoms with E-state index in [1.54, 1.807) is 12.4 Å². The van der Waals surface area contributed by atoms with E-state index in [0.717, 1.165) is 30.3 Å². The maximum absolute atomic E-state index is 4.32. The molecule has 0 aliphatic heterocycles. The molecule has 1 N–H and O–H groups in total. The van der Waals surface area contributed by atoms with Crippen LogP contribution in [0.3, 0.4) is 0 Å². The maximum atomic E-state index is 4.32. The minimum absolute atomic E-state index is 0.653. The standard InChI is InChI=1S/C11H16N6/c1-3-6-17-11(8-14-16-17)13-7-10-4-5-12-9(2)15-10/h4-5,8,13H,3,6-7H2,1-2H3. The van der Waals surface area contributed by atoms with Crippen molar-refractivity contribution in [2.75, 3.05) is 5.32 Å². The van der Waals surface area contributed by atoms with Gasteiger partial charge in [-0.1, -0.05) is 12.1 Å². The Kier molecular flexibility index (Phi) is 3.64. The molecule has 2 heterocycles. The molecule has 0 bridgehead atoms. The van der Waals surface area contributed by atoms with E-state index in [0.29, 0.717) is 6.54 Å². The first-order chi connectivity index (χ1) is 8.29. The molecule has 0 saturated carbocycles. The van der Waals surface area contributed by atoms with Gasteiger partial charge in [0.15, 0.2) is 0 Å². The lowest BCUT2D eigenvalue weighted by atomic mass is 10.4. The van der Waals surface area contributed by atoms with Gasteiger partial charge in [0.2, 0.25) is 0 Å². The minimum Gasteiger partial charge on any atom is -0.363 e. The van der Waals surface area contributed by atoms with Gasteiger partial charge >= 0.3 is 0 Å². The van der Waals surface area contributed by atoms with Crippen molar-refractivity contribution < 1.29 is 0 Å². The highest BCUT2D eigenvalue weighted by atomic mass is 15.4. The molecule has 2 rings (SSSR count). The summed E-state index contributed by atoms with van der Waals surface area (Å²) in [6, 6.07) is 1.90. The molecule has 17 heavy (non-hydrogen) atoms. The lowest BCUT2D eigenvalue weighted by Crippen LogP contribution is -2.09. The predicted molar refractivity (Wildman–Crippen MR) is 64.4 cm³/mol. The smallest absolute Gasteiger partial charge is 0.145 e. The molecular weight excluding hydrogens is 216 g/mol. The molecule has 6 heteroatoms. The molecule has 0 atom stereocenters. The number of rotatable bonds is 5. The van der Waals surface area contributed by atoms with Gasteiger partial charge in [-0.15, -0.1) is 5.10 Å². The van der Waals surface area contributed by atoms with Gasteiger partial charge in [0.1, 0.15) is 11.6 Å². The summed E-state index contributed by atoms with van der Waals surface area (Å²) in [5, 5.41) is 11.2. The van der Waals surface area contributed by atoms with Crippen LogP contribution in [0.1, 0.15) is 24.9 Å². The lowest BCUT2D eigenvalue weighted by molar-refractivity contribution is 0.582. The molecule has 6 nitrogen and oxygen atoms in total. The Bertz CT molecular complexity index is 478. The highest BCUT2D eigenvalue weighted by Crippen LogP contribution is 2.06. The highest BCUT2D eigenvalue weighted by molar-refractivity contribution is 5.31. The third-order valence-electron chi connectivity index (χ3n) is 2.34. The minimum atomic E-state index is 0.653. The quantitative estimate of drug-likeness (QED) is 0.843. The van der Waals surface area contributed by atoms with Gasteiger partial charge in [0.05, 0.1) is 18.4 Å². The lowest BCUT2D eigenvalue weighted by Gasteiger charge is -2.07. The molecule has 0 radical (unpaired) electrons. The second-order valence-corrected chi connectivity index (χ2v) is 3.79. The molecule has 0 amide bonds. The Morgan fingerprint density at radius 1 is 1.41 bits per heavy atom. The van der Waals surface area contributed by atoms with Crippen molar-refractivity contribution >= 4 is 5.82 Å². The fourth-order valence-electron chi connectivity index (χ4n) is 1.56. The van der Waals surface area contributed by atoms with Crippen LogP contribution in [-0.2, 0) is 13.1 Å². The van der Waals surface area contributed by atoms with Crippen molar-refractivity contribution in [1.29, 1.82) is 0 Å². The summed E-state index contributed by atoms with van der Waals surface area (Å²) in [7, 11) is 0. The fraction of sp³-hybridized carbons (Fsp3) is 0.455. The third kappa shape index (κ3) is 2.99. The van der Waals surface area contributed by atoms with Crippen LogP contribution in [-0.4, -0.2) is 25.0 Å². The van der Waals surface area contributed by atoms with Crippen molar-refractivity contribution in [2.45, 2.75) is 33.4 Å². The Hall–Kier alpha value is -1.98. The van der Waals surface area contributed by atoms with Gasteiger partial charge in [-0.25, -0.2) is 14.6 Å². The van der Waals surface area contributed by atoms with Crippen LogP contribution in [0.25, 0.3) is 0 Å². The van der Waals surface area contributed by atoms with Crippen LogP contribution >= 0.6 is 0 Å². The van der Waals surface area contributed by atoms with Crippen LogP contribution in [0, 0.1) is 6.92 Å². The van der Waals surface area contributed by atoms with E-state index in [1.165, 1.54) is 0 Å². The van der Waals surface area contributed by atoms with Crippen LogP contribution in [0.15, 0.2) is 18.5 Å². The van der Waals surface area contributed by atoms with Crippen molar-refractivity contribution in [3.05, 3.63) is 30.0 Å². The van der Waals surface area contributed by atoms with Crippen LogP contribution < -0.4 is 5.32 Å². The van der Waals surface area contributed by atoms with Gasteiger partial charge in [0.25, 0.3) is 0 Å². The monoisotopic (exact) mass is 232 g/mol. The first kappa shape index (κ1) is 11.5. The van der Waals surface area contributed by atoms with Gasteiger partial charge in [-0.2, -0.15) is 0 Å². The van der Waals surface area contributed by atoms with E-state index in [2.05, 4.69) is 32.5 Å². The Balaban J connectivity index is 1.99. The van der Waals surface area contributed by atoms with E-state index >= 15 is 0 Å². The number of hydrogen-bond donors (Lipinski definition) is 1. The Morgan fingerprint density at radius 2 is 2.29 bits per heavy atom. The van der Waals surface area contributed by atoms with Crippen LogP contribution in [0.4, 0.5) is 5.82 Å². The first-order valence-electron chi connectivity index (χ1n) is 5.70. The second-order valence-electron chi connectivity index (χ2n) is 3.79. The van der Waals surface area contributed by atoms with E-state index in [4.69, 9.17) is 0 Å². The normalized spacial score (nSPS) is 10.5. The number of aromatic nitrogens is 5. The summed E-state index contributed by atoms with van der Waals surface area (Å²) in [6.07, 6.45) is 4.52. The zero-order valence-electron chi connectivity index (χ0n) is 10.1. The van der Waals surface area contributed by atoms with Crippen LogP contribution in [0.5, 0.6) is 0 Å². The highest BCUT2D eigenvalue weighted by Gasteiger charge is 2.02. The summed E-state index contributed by atoms with van der Waals surface area (Å²) in [5.41, 5.74) is 0.960. The molecule has 0 spiro atoms. The molecule has 0 unspecified atom stereocenters. The van der Waals surface area contributed by atoms with Gasteiger partial charge in [-0.3, -0.25) is 0 Å². The molecule has 0 fully saturated rings. The molecule has 0 aliphatic rings. The van der Waals surface area contributed by atoms with Crippen LogP contribution in [0.2, 0.25) is 0 Å². The molecule has 2 aromatic rings. The predicted octanol–water partition coefficient (Wildman–Crippen LogP) is 1.40. The fourth-order valence-corrected chi connectivity index (χ4v) is 1.56. The summed E-state index contributed by atoms with van der Waals surface area (Å²) in [6.45, 7) is 5.51. The van der Waals surface area contributed by atoms with Gasteiger partial charge in [-0.05, 0) is 19.4 Å². The van der Waals surface area contributed by atoms with E-state index < -0.39 is 0 Å². The number of nitrogens with zero attached hydrogens (tertiary/aromatic N) is 5. The van der Waals surface area contributed by atoms with Gasteiger partial charge in [0, 0.05) is 12.7 Å². The van der Waals surface area contributed by atoms with E-state index in [9.17, 15) is 0 Å². The van der Waals surface area contributed by atoms with Crippen molar-refractivity contribution in [3.8, 4) is 0 Å². The van der Waals surface area contributed by atoms with Crippen molar-refractivity contribution in [2.24, 2.45) is 0 Å². The summed E-state index contributed by atoms with van der Waals surface area (Å²) in [5.74, 6) is 1.70. The molecule has 0 saturated heterocycles. The average molecular weight is 232 g/mol. The van der Waals surface area contributed by atoms with Crippen molar-refractivity contribution in [3.63, 3.8) is 0 Å². The molecule has 0 aliphatic carbocycles. The number of anilines is 1. The zero-order chi connectivity index (χ0) is 12.1. The van der Waals surface area contributed by atoms with E-state index in [-0.39, 0.29) is 0 Å². The largest absolute Gasteiger partial charge is 0.363 e. The zero-order valence-corrected chi connectivity index (χ0v) is 10.1. The molecular formula is C11H16N6. The summed E-state index contributed by atoms with van der Waals surface area (Å²) in [4.78, 5) is 8.39. The number of nitrogens with one attached hydrogen (secondary N) is 1.